The Labute approximate surface area is 165 Å². The number of carboxylic acid groups (broad SMARTS) is 2. The molecule has 0 aliphatic carbocycles. The Morgan fingerprint density at radius 2 is 1.86 bits per heavy atom. The molecule has 3 aromatic rings. The van der Waals surface area contributed by atoms with Crippen molar-refractivity contribution in [3.05, 3.63) is 48.0 Å². The highest BCUT2D eigenvalue weighted by Gasteiger charge is 2.28. The third-order valence-electron chi connectivity index (χ3n) is 4.35. The Kier molecular flexibility index (Phi) is 5.18. The van der Waals surface area contributed by atoms with Gasteiger partial charge in [-0.1, -0.05) is 0 Å². The van der Waals surface area contributed by atoms with E-state index in [0.717, 1.165) is 11.6 Å². The third-order valence-corrected chi connectivity index (χ3v) is 4.35. The van der Waals surface area contributed by atoms with E-state index in [1.807, 2.05) is 18.4 Å². The predicted octanol–water partition coefficient (Wildman–Crippen LogP) is 3.41. The highest BCUT2D eigenvalue weighted by atomic mass is 16.5. The van der Waals surface area contributed by atoms with E-state index in [-0.39, 0.29) is 28.1 Å². The largest absolute Gasteiger partial charge is 0.479 e. The smallest absolute Gasteiger partial charge is 0.421 e. The van der Waals surface area contributed by atoms with Gasteiger partial charge in [0.05, 0.1) is 12.6 Å². The molecule has 3 heterocycles. The lowest BCUT2D eigenvalue weighted by molar-refractivity contribution is 0.103. The summed E-state index contributed by atoms with van der Waals surface area (Å²) in [7, 11) is 1.22. The second-order valence-electron chi connectivity index (χ2n) is 6.42. The summed E-state index contributed by atoms with van der Waals surface area (Å²) < 4.78 is 6.89. The van der Waals surface area contributed by atoms with E-state index in [1.54, 1.807) is 24.7 Å². The Morgan fingerprint density at radius 1 is 1.17 bits per heavy atom. The van der Waals surface area contributed by atoms with Crippen molar-refractivity contribution in [1.29, 1.82) is 0 Å². The fourth-order valence-corrected chi connectivity index (χ4v) is 3.03. The van der Waals surface area contributed by atoms with Gasteiger partial charge in [-0.05, 0) is 26.0 Å². The number of anilines is 1. The molecule has 0 fully saturated rings. The Hall–Kier alpha value is -3.95. The fraction of sp³-hybridized carbons (Fsp3) is 0.211. The van der Waals surface area contributed by atoms with Gasteiger partial charge >= 0.3 is 12.2 Å². The highest BCUT2D eigenvalue weighted by Crippen LogP contribution is 2.30. The van der Waals surface area contributed by atoms with Gasteiger partial charge in [0.25, 0.3) is 0 Å². The van der Waals surface area contributed by atoms with Crippen molar-refractivity contribution in [2.75, 3.05) is 12.0 Å². The second-order valence-corrected chi connectivity index (χ2v) is 6.42. The van der Waals surface area contributed by atoms with Crippen molar-refractivity contribution in [2.24, 2.45) is 0 Å². The van der Waals surface area contributed by atoms with Crippen LogP contribution in [0.2, 0.25) is 0 Å². The van der Waals surface area contributed by atoms with Crippen LogP contribution in [0, 0.1) is 0 Å². The lowest BCUT2D eigenvalue weighted by Gasteiger charge is -2.16. The number of imide groups is 1. The maximum Gasteiger partial charge on any atom is 0.421 e. The van der Waals surface area contributed by atoms with Gasteiger partial charge in [0.2, 0.25) is 5.88 Å². The number of carbonyl (C=O) groups is 3. The zero-order valence-electron chi connectivity index (χ0n) is 15.9. The van der Waals surface area contributed by atoms with Crippen LogP contribution in [-0.2, 0) is 0 Å². The van der Waals surface area contributed by atoms with Crippen LogP contribution < -0.4 is 9.64 Å². The van der Waals surface area contributed by atoms with Crippen molar-refractivity contribution < 1.29 is 29.3 Å². The van der Waals surface area contributed by atoms with E-state index in [2.05, 4.69) is 9.97 Å². The number of amides is 2. The molecule has 0 aromatic carbocycles. The van der Waals surface area contributed by atoms with Gasteiger partial charge in [-0.25, -0.2) is 14.6 Å². The van der Waals surface area contributed by atoms with Crippen molar-refractivity contribution in [2.45, 2.75) is 19.9 Å². The first-order valence-electron chi connectivity index (χ1n) is 8.55. The van der Waals surface area contributed by atoms with Crippen LogP contribution in [0.5, 0.6) is 5.88 Å². The van der Waals surface area contributed by atoms with Crippen LogP contribution >= 0.6 is 0 Å². The van der Waals surface area contributed by atoms with Gasteiger partial charge in [0.1, 0.15) is 5.69 Å². The molecule has 10 heteroatoms. The molecular weight excluding hydrogens is 380 g/mol. The Morgan fingerprint density at radius 3 is 2.45 bits per heavy atom. The molecule has 2 amide bonds. The summed E-state index contributed by atoms with van der Waals surface area (Å²) in [6.45, 7) is 3.94. The maximum atomic E-state index is 13.2. The summed E-state index contributed by atoms with van der Waals surface area (Å²) in [5.41, 5.74) is 0.804. The molecule has 0 atom stereocenters. The van der Waals surface area contributed by atoms with Crippen LogP contribution in [0.4, 0.5) is 15.3 Å². The van der Waals surface area contributed by atoms with Crippen LogP contribution in [-0.4, -0.2) is 49.8 Å². The molecule has 3 rings (SSSR count). The molecule has 2 N–H and O–H groups in total. The van der Waals surface area contributed by atoms with Crippen molar-refractivity contribution in [1.82, 2.24) is 14.5 Å². The van der Waals surface area contributed by atoms with Gasteiger partial charge in [-0.2, -0.15) is 4.90 Å². The number of ether oxygens (including phenoxy) is 1. The SMILES string of the molecule is COc1ncc(C(=O)c2cn(C(C)C)c3ccncc23)cc1N(C(=O)O)C(=O)O. The van der Waals surface area contributed by atoms with E-state index in [0.29, 0.717) is 10.9 Å². The first-order chi connectivity index (χ1) is 13.8. The quantitative estimate of drug-likeness (QED) is 0.624. The van der Waals surface area contributed by atoms with Crippen molar-refractivity contribution in [3.63, 3.8) is 0 Å². The molecule has 0 spiro atoms. The van der Waals surface area contributed by atoms with Crippen LogP contribution in [0.25, 0.3) is 10.9 Å². The standard InChI is InChI=1S/C19H18N4O6/c1-10(2)22-9-13(12-8-20-5-4-14(12)22)16(24)11-6-15(17(29-3)21-7-11)23(18(25)26)19(27)28/h4-10H,1-3H3,(H,25,26)(H,27,28). The number of hydrogen-bond donors (Lipinski definition) is 2. The molecule has 29 heavy (non-hydrogen) atoms. The average molecular weight is 398 g/mol. The summed E-state index contributed by atoms with van der Waals surface area (Å²) in [6, 6.07) is 3.01. The summed E-state index contributed by atoms with van der Waals surface area (Å²) in [4.78, 5) is 44.0. The Bertz CT molecular complexity index is 1110. The summed E-state index contributed by atoms with van der Waals surface area (Å²) in [5.74, 6) is -0.688. The molecule has 0 radical (unpaired) electrons. The fourth-order valence-electron chi connectivity index (χ4n) is 3.03. The summed E-state index contributed by atoms with van der Waals surface area (Å²) >= 11 is 0. The molecule has 3 aromatic heterocycles. The van der Waals surface area contributed by atoms with Gasteiger partial charge in [-0.3, -0.25) is 9.78 Å². The number of methoxy groups -OCH3 is 1. The maximum absolute atomic E-state index is 13.2. The number of aromatic nitrogens is 3. The number of rotatable bonds is 5. The number of fused-ring (bicyclic) bond motifs is 1. The van der Waals surface area contributed by atoms with Gasteiger partial charge in [0, 0.05) is 47.3 Å². The molecule has 0 bridgehead atoms. The van der Waals surface area contributed by atoms with Crippen LogP contribution in [0.1, 0.15) is 35.8 Å². The van der Waals surface area contributed by atoms with Gasteiger partial charge < -0.3 is 19.5 Å². The molecule has 150 valence electrons. The Balaban J connectivity index is 2.16. The molecule has 0 aliphatic heterocycles. The molecule has 0 unspecified atom stereocenters. The van der Waals surface area contributed by atoms with Gasteiger partial charge in [0.15, 0.2) is 5.78 Å². The van der Waals surface area contributed by atoms with Crippen molar-refractivity contribution >= 4 is 34.6 Å². The molecule has 10 nitrogen and oxygen atoms in total. The zero-order valence-corrected chi connectivity index (χ0v) is 15.9. The molecular formula is C19H18N4O6. The number of ketones is 1. The van der Waals surface area contributed by atoms with E-state index < -0.39 is 18.0 Å². The predicted molar refractivity (Wildman–Crippen MR) is 103 cm³/mol. The van der Waals surface area contributed by atoms with Gasteiger partial charge in [-0.15, -0.1) is 0 Å². The molecule has 0 aliphatic rings. The van der Waals surface area contributed by atoms with Crippen LogP contribution in [0.15, 0.2) is 36.9 Å². The van der Waals surface area contributed by atoms with E-state index >= 15 is 0 Å². The van der Waals surface area contributed by atoms with E-state index in [9.17, 15) is 24.6 Å². The lowest BCUT2D eigenvalue weighted by atomic mass is 10.0. The monoisotopic (exact) mass is 398 g/mol. The van der Waals surface area contributed by atoms with E-state index in [1.165, 1.54) is 13.3 Å². The zero-order chi connectivity index (χ0) is 21.3. The second kappa shape index (κ2) is 7.58. The molecule has 0 saturated carbocycles. The van der Waals surface area contributed by atoms with E-state index in [4.69, 9.17) is 4.74 Å². The third kappa shape index (κ3) is 3.47. The topological polar surface area (TPSA) is 135 Å². The average Bonchev–Trinajstić information content (AvgIpc) is 3.07. The minimum Gasteiger partial charge on any atom is -0.479 e. The first-order valence-corrected chi connectivity index (χ1v) is 8.55. The molecule has 0 saturated heterocycles. The number of carbonyl (C=O) groups excluding carboxylic acids is 1. The summed E-state index contributed by atoms with van der Waals surface area (Å²) in [6.07, 6.45) is 2.60. The first kappa shape index (κ1) is 19.8. The highest BCUT2D eigenvalue weighted by molar-refractivity contribution is 6.17. The minimum absolute atomic E-state index is 0.0139. The number of pyridine rings is 2. The lowest BCUT2D eigenvalue weighted by Crippen LogP contribution is -2.35. The van der Waals surface area contributed by atoms with Crippen LogP contribution in [0.3, 0.4) is 0 Å². The normalized spacial score (nSPS) is 10.9. The van der Waals surface area contributed by atoms with Crippen molar-refractivity contribution in [3.8, 4) is 5.88 Å². The number of nitrogens with zero attached hydrogens (tertiary/aromatic N) is 4. The summed E-state index contributed by atoms with van der Waals surface area (Å²) in [5, 5.41) is 19.1. The number of hydrogen-bond acceptors (Lipinski definition) is 6. The minimum atomic E-state index is -1.75.